The summed E-state index contributed by atoms with van der Waals surface area (Å²) in [5.41, 5.74) is 4.24. The first-order valence-corrected chi connectivity index (χ1v) is 13.2. The van der Waals surface area contributed by atoms with E-state index in [1.165, 1.54) is 22.2 Å². The molecule has 0 N–H and O–H groups in total. The minimum atomic E-state index is -0.00567. The van der Waals surface area contributed by atoms with Gasteiger partial charge in [0.1, 0.15) is 10.6 Å². The Kier molecular flexibility index (Phi) is 7.47. The van der Waals surface area contributed by atoms with E-state index in [0.29, 0.717) is 28.3 Å². The SMILES string of the molecule is CCCc1sc2nc(SCCOc3ccccc3Cl)n(-c3ccc(C)c(C)c3)c(=O)c2c1C. The first kappa shape index (κ1) is 23.9. The maximum Gasteiger partial charge on any atom is 0.267 e. The van der Waals surface area contributed by atoms with Crippen LogP contribution in [-0.4, -0.2) is 21.9 Å². The Morgan fingerprint density at radius 3 is 2.64 bits per heavy atom. The summed E-state index contributed by atoms with van der Waals surface area (Å²) in [6.45, 7) is 8.80. The number of benzene rings is 2. The third kappa shape index (κ3) is 4.98. The second kappa shape index (κ2) is 10.3. The number of halogens is 1. The standard InChI is InChI=1S/C26H27ClN2O2S2/c1-5-8-22-18(4)23-24(33-22)28-26(32-14-13-31-21-10-7-6-9-20(21)27)29(25(23)30)19-12-11-16(2)17(3)15-19/h6-7,9-12,15H,5,8,13-14H2,1-4H3. The lowest BCUT2D eigenvalue weighted by atomic mass is 10.1. The van der Waals surface area contributed by atoms with Crippen molar-refractivity contribution in [2.45, 2.75) is 45.7 Å². The van der Waals surface area contributed by atoms with Crippen LogP contribution in [0.1, 0.15) is 34.9 Å². The van der Waals surface area contributed by atoms with Crippen molar-refractivity contribution >= 4 is 44.9 Å². The highest BCUT2D eigenvalue weighted by Crippen LogP contribution is 2.31. The van der Waals surface area contributed by atoms with Crippen molar-refractivity contribution in [2.75, 3.05) is 12.4 Å². The molecule has 2 aromatic carbocycles. The van der Waals surface area contributed by atoms with Crippen LogP contribution in [0.3, 0.4) is 0 Å². The Hall–Kier alpha value is -2.28. The monoisotopic (exact) mass is 498 g/mol. The topological polar surface area (TPSA) is 44.1 Å². The summed E-state index contributed by atoms with van der Waals surface area (Å²) < 4.78 is 7.60. The average Bonchev–Trinajstić information content (AvgIpc) is 3.10. The molecule has 4 nitrogen and oxygen atoms in total. The molecular formula is C26H27ClN2O2S2. The van der Waals surface area contributed by atoms with Crippen LogP contribution in [0.5, 0.6) is 5.75 Å². The quantitative estimate of drug-likeness (QED) is 0.147. The van der Waals surface area contributed by atoms with Gasteiger partial charge >= 0.3 is 0 Å². The number of ether oxygens (including phenoxy) is 1. The van der Waals surface area contributed by atoms with Gasteiger partial charge in [0.15, 0.2) is 5.16 Å². The van der Waals surface area contributed by atoms with Gasteiger partial charge in [0, 0.05) is 10.6 Å². The number of thioether (sulfide) groups is 1. The van der Waals surface area contributed by atoms with Gasteiger partial charge in [-0.3, -0.25) is 9.36 Å². The molecule has 0 saturated carbocycles. The summed E-state index contributed by atoms with van der Waals surface area (Å²) in [5, 5.41) is 2.01. The number of aryl methyl sites for hydroxylation is 4. The number of aromatic nitrogens is 2. The van der Waals surface area contributed by atoms with Crippen molar-refractivity contribution in [1.82, 2.24) is 9.55 Å². The normalized spacial score (nSPS) is 11.3. The number of thiophene rings is 1. The second-order valence-electron chi connectivity index (χ2n) is 8.01. The average molecular weight is 499 g/mol. The molecule has 0 amide bonds. The summed E-state index contributed by atoms with van der Waals surface area (Å²) in [5.74, 6) is 1.30. The molecule has 0 unspecified atom stereocenters. The van der Waals surface area contributed by atoms with Gasteiger partial charge in [0.2, 0.25) is 0 Å². The first-order chi connectivity index (χ1) is 15.9. The van der Waals surface area contributed by atoms with Gasteiger partial charge < -0.3 is 4.74 Å². The molecule has 0 atom stereocenters. The minimum Gasteiger partial charge on any atom is -0.491 e. The van der Waals surface area contributed by atoms with Crippen LogP contribution in [0.4, 0.5) is 0 Å². The Bertz CT molecular complexity index is 1360. The molecule has 0 saturated heterocycles. The molecule has 0 bridgehead atoms. The molecule has 0 aliphatic heterocycles. The van der Waals surface area contributed by atoms with Crippen molar-refractivity contribution < 1.29 is 4.74 Å². The maximum atomic E-state index is 13.8. The van der Waals surface area contributed by atoms with E-state index in [2.05, 4.69) is 32.9 Å². The Balaban J connectivity index is 1.72. The lowest BCUT2D eigenvalue weighted by Crippen LogP contribution is -2.22. The van der Waals surface area contributed by atoms with Crippen LogP contribution in [0.25, 0.3) is 15.9 Å². The molecular weight excluding hydrogens is 472 g/mol. The van der Waals surface area contributed by atoms with Gasteiger partial charge in [-0.25, -0.2) is 4.98 Å². The zero-order chi connectivity index (χ0) is 23.5. The van der Waals surface area contributed by atoms with E-state index in [-0.39, 0.29) is 5.56 Å². The summed E-state index contributed by atoms with van der Waals surface area (Å²) >= 11 is 9.36. The van der Waals surface area contributed by atoms with E-state index in [1.807, 2.05) is 37.3 Å². The summed E-state index contributed by atoms with van der Waals surface area (Å²) in [7, 11) is 0. The number of hydrogen-bond acceptors (Lipinski definition) is 5. The molecule has 2 heterocycles. The molecule has 4 rings (SSSR count). The highest BCUT2D eigenvalue weighted by atomic mass is 35.5. The number of nitrogens with zero attached hydrogens (tertiary/aromatic N) is 2. The van der Waals surface area contributed by atoms with Gasteiger partial charge in [-0.2, -0.15) is 0 Å². The van der Waals surface area contributed by atoms with Crippen LogP contribution in [0.15, 0.2) is 52.4 Å². The maximum absolute atomic E-state index is 13.8. The predicted octanol–water partition coefficient (Wildman–Crippen LogP) is 7.15. The Labute approximate surface area is 207 Å². The molecule has 0 aliphatic carbocycles. The molecule has 0 fully saturated rings. The Morgan fingerprint density at radius 1 is 1.12 bits per heavy atom. The van der Waals surface area contributed by atoms with Gasteiger partial charge in [0.05, 0.1) is 22.7 Å². The van der Waals surface area contributed by atoms with E-state index in [1.54, 1.807) is 15.9 Å². The number of rotatable bonds is 8. The number of fused-ring (bicyclic) bond motifs is 1. The van der Waals surface area contributed by atoms with Gasteiger partial charge in [-0.1, -0.05) is 54.9 Å². The third-order valence-electron chi connectivity index (χ3n) is 5.67. The van der Waals surface area contributed by atoms with Gasteiger partial charge in [-0.05, 0) is 68.1 Å². The van der Waals surface area contributed by atoms with Crippen LogP contribution in [0, 0.1) is 20.8 Å². The highest BCUT2D eigenvalue weighted by molar-refractivity contribution is 7.99. The molecule has 0 aliphatic rings. The lowest BCUT2D eigenvalue weighted by Gasteiger charge is -2.14. The zero-order valence-corrected chi connectivity index (χ0v) is 21.7. The van der Waals surface area contributed by atoms with Crippen molar-refractivity contribution in [3.63, 3.8) is 0 Å². The fourth-order valence-electron chi connectivity index (χ4n) is 3.71. The number of para-hydroxylation sites is 1. The first-order valence-electron chi connectivity index (χ1n) is 11.0. The fourth-order valence-corrected chi connectivity index (χ4v) is 6.05. The smallest absolute Gasteiger partial charge is 0.267 e. The minimum absolute atomic E-state index is 0.00567. The highest BCUT2D eigenvalue weighted by Gasteiger charge is 2.19. The molecule has 0 radical (unpaired) electrons. The van der Waals surface area contributed by atoms with E-state index in [4.69, 9.17) is 21.3 Å². The van der Waals surface area contributed by atoms with Crippen LogP contribution in [0.2, 0.25) is 5.02 Å². The summed E-state index contributed by atoms with van der Waals surface area (Å²) in [4.78, 5) is 20.8. The van der Waals surface area contributed by atoms with Crippen molar-refractivity contribution in [3.8, 4) is 11.4 Å². The van der Waals surface area contributed by atoms with Crippen molar-refractivity contribution in [1.29, 1.82) is 0 Å². The lowest BCUT2D eigenvalue weighted by molar-refractivity contribution is 0.344. The van der Waals surface area contributed by atoms with Crippen molar-refractivity contribution in [3.05, 3.63) is 79.4 Å². The third-order valence-corrected chi connectivity index (χ3v) is 8.13. The second-order valence-corrected chi connectivity index (χ2v) is 10.6. The molecule has 0 spiro atoms. The van der Waals surface area contributed by atoms with E-state index >= 15 is 0 Å². The zero-order valence-electron chi connectivity index (χ0n) is 19.3. The van der Waals surface area contributed by atoms with E-state index in [0.717, 1.165) is 39.9 Å². The van der Waals surface area contributed by atoms with E-state index in [9.17, 15) is 4.79 Å². The van der Waals surface area contributed by atoms with Gasteiger partial charge in [-0.15, -0.1) is 11.3 Å². The predicted molar refractivity (Wildman–Crippen MR) is 141 cm³/mol. The van der Waals surface area contributed by atoms with E-state index < -0.39 is 0 Å². The number of hydrogen-bond donors (Lipinski definition) is 0. The largest absolute Gasteiger partial charge is 0.491 e. The molecule has 2 aromatic heterocycles. The van der Waals surface area contributed by atoms with Gasteiger partial charge in [0.25, 0.3) is 5.56 Å². The Morgan fingerprint density at radius 2 is 1.91 bits per heavy atom. The van der Waals surface area contributed by atoms with Crippen LogP contribution in [-0.2, 0) is 6.42 Å². The molecule has 172 valence electrons. The van der Waals surface area contributed by atoms with Crippen LogP contribution < -0.4 is 10.3 Å². The molecule has 4 aromatic rings. The van der Waals surface area contributed by atoms with Crippen LogP contribution >= 0.6 is 34.7 Å². The summed E-state index contributed by atoms with van der Waals surface area (Å²) in [6, 6.07) is 13.5. The molecule has 7 heteroatoms. The van der Waals surface area contributed by atoms with Crippen molar-refractivity contribution in [2.24, 2.45) is 0 Å². The molecule has 33 heavy (non-hydrogen) atoms. The fraction of sp³-hybridized carbons (Fsp3) is 0.308. The summed E-state index contributed by atoms with van der Waals surface area (Å²) in [6.07, 6.45) is 2.00.